The number of aromatic nitrogens is 1. The summed E-state index contributed by atoms with van der Waals surface area (Å²) in [6.07, 6.45) is 0. The molecule has 0 spiro atoms. The molecule has 2 nitrogen and oxygen atoms in total. The zero-order valence-electron chi connectivity index (χ0n) is 5.46. The zero-order chi connectivity index (χ0) is 6.85. The van der Waals surface area contributed by atoms with Crippen LogP contribution in [0.25, 0.3) is 0 Å². The van der Waals surface area contributed by atoms with Crippen LogP contribution in [0.2, 0.25) is 0 Å². The molecule has 0 saturated heterocycles. The quantitative estimate of drug-likeness (QED) is 0.354. The van der Waals surface area contributed by atoms with Crippen molar-refractivity contribution in [3.8, 4) is 0 Å². The van der Waals surface area contributed by atoms with Crippen LogP contribution >= 0.6 is 0 Å². The number of pyridine rings is 1. The van der Waals surface area contributed by atoms with Gasteiger partial charge in [-0.2, -0.15) is 0 Å². The van der Waals surface area contributed by atoms with E-state index < -0.39 is 0 Å². The zero-order valence-corrected chi connectivity index (χ0v) is 7.50. The fraction of sp³-hybridized carbons (Fsp3) is 0.167. The second kappa shape index (κ2) is 3.85. The molecule has 0 saturated carbocycles. The molecule has 0 radical (unpaired) electrons. The van der Waals surface area contributed by atoms with Crippen molar-refractivity contribution in [1.29, 1.82) is 0 Å². The third-order valence-corrected chi connectivity index (χ3v) is 1.53. The molecule has 1 aromatic rings. The summed E-state index contributed by atoms with van der Waals surface area (Å²) in [4.78, 5) is 0. The molecule has 0 aromatic carbocycles. The Bertz CT molecular complexity index is 209. The Kier molecular flexibility index (Phi) is 3.78. The molecular weight excluding hydrogens is 193 g/mol. The molecule has 0 aliphatic rings. The first-order chi connectivity index (χ1) is 4.22. The molecule has 4 heteroatoms. The Balaban J connectivity index is 0.000000810. The molecule has 0 bridgehead atoms. The topological polar surface area (TPSA) is 24.1 Å². The number of nitrogens with zero attached hydrogens (tertiary/aromatic N) is 1. The van der Waals surface area contributed by atoms with Gasteiger partial charge in [-0.05, 0) is 6.07 Å². The van der Waals surface area contributed by atoms with E-state index in [1.54, 1.807) is 6.07 Å². The summed E-state index contributed by atoms with van der Waals surface area (Å²) >= 11 is 3.21. The normalized spacial score (nSPS) is 8.60. The van der Waals surface area contributed by atoms with Gasteiger partial charge in [0.05, 0.1) is 23.4 Å². The van der Waals surface area contributed by atoms with Gasteiger partial charge in [0.2, 0.25) is 5.69 Å². The molecule has 0 aliphatic carbocycles. The Morgan fingerprint density at radius 2 is 2.10 bits per heavy atom. The Morgan fingerprint density at radius 1 is 1.50 bits per heavy atom. The molecule has 0 unspecified atom stereocenters. The van der Waals surface area contributed by atoms with Crippen molar-refractivity contribution >= 4 is 12.6 Å². The molecule has 0 fully saturated rings. The van der Waals surface area contributed by atoms with E-state index in [2.05, 4.69) is 12.6 Å². The van der Waals surface area contributed by atoms with E-state index in [1.807, 2.05) is 19.1 Å². The predicted octanol–water partition coefficient (Wildman–Crippen LogP) is -0.112. The Labute approximate surface area is 75.4 Å². The van der Waals surface area contributed by atoms with Gasteiger partial charge in [-0.25, -0.2) is 0 Å². The first-order valence-electron chi connectivity index (χ1n) is 2.64. The monoisotopic (exact) mass is 202 g/mol. The van der Waals surface area contributed by atoms with Crippen molar-refractivity contribution in [3.63, 3.8) is 0 Å². The summed E-state index contributed by atoms with van der Waals surface area (Å²) in [6.45, 7) is 1.82. The SMILES string of the molecule is Cc1cccc([SH2+])[n+]1O.[Co+3]. The van der Waals surface area contributed by atoms with E-state index in [4.69, 9.17) is 5.21 Å². The molecule has 0 aliphatic heterocycles. The van der Waals surface area contributed by atoms with Gasteiger partial charge in [0.25, 0.3) is 0 Å². The van der Waals surface area contributed by atoms with Crippen molar-refractivity contribution in [2.24, 2.45) is 0 Å². The molecule has 0 amide bonds. The van der Waals surface area contributed by atoms with E-state index in [1.165, 1.54) is 0 Å². The van der Waals surface area contributed by atoms with Gasteiger partial charge in [0, 0.05) is 13.0 Å². The minimum absolute atomic E-state index is 0. The van der Waals surface area contributed by atoms with Crippen LogP contribution < -0.4 is 4.73 Å². The Morgan fingerprint density at radius 3 is 2.50 bits per heavy atom. The standard InChI is InChI=1S/C6H7NOS.Co/c1-5-3-2-4-6(9)7(5)8;/h2-4,8H,1H3;/q;+3/p+2. The van der Waals surface area contributed by atoms with Gasteiger partial charge in [0.15, 0.2) is 0 Å². The number of rotatable bonds is 0. The number of aryl methyl sites for hydroxylation is 1. The third kappa shape index (κ3) is 1.90. The van der Waals surface area contributed by atoms with Gasteiger partial charge >= 0.3 is 21.8 Å². The molecule has 1 rings (SSSR count). The predicted molar refractivity (Wildman–Crippen MR) is 37.0 cm³/mol. The van der Waals surface area contributed by atoms with Gasteiger partial charge in [0.1, 0.15) is 0 Å². The van der Waals surface area contributed by atoms with Crippen LogP contribution in [-0.4, -0.2) is 5.21 Å². The average Bonchev–Trinajstić information content (AvgIpc) is 1.83. The molecule has 54 valence electrons. The van der Waals surface area contributed by atoms with Crippen LogP contribution in [0.4, 0.5) is 0 Å². The smallest absolute Gasteiger partial charge is 0.280 e. The minimum Gasteiger partial charge on any atom is -0.280 e. The van der Waals surface area contributed by atoms with E-state index in [0.29, 0.717) is 5.03 Å². The van der Waals surface area contributed by atoms with Crippen molar-refractivity contribution in [1.82, 2.24) is 0 Å². The van der Waals surface area contributed by atoms with Crippen LogP contribution in [0.1, 0.15) is 5.69 Å². The maximum absolute atomic E-state index is 9.07. The second-order valence-corrected chi connectivity index (χ2v) is 2.38. The maximum atomic E-state index is 9.07. The minimum atomic E-state index is 0. The van der Waals surface area contributed by atoms with Gasteiger partial charge in [-0.15, -0.1) is 0 Å². The van der Waals surface area contributed by atoms with Gasteiger partial charge < -0.3 is 0 Å². The summed E-state index contributed by atoms with van der Waals surface area (Å²) in [7, 11) is 0. The fourth-order valence-corrected chi connectivity index (χ4v) is 0.882. The van der Waals surface area contributed by atoms with Crippen LogP contribution in [-0.2, 0) is 29.4 Å². The number of hydrogen-bond acceptors (Lipinski definition) is 1. The van der Waals surface area contributed by atoms with Gasteiger partial charge in [-0.3, -0.25) is 5.21 Å². The maximum Gasteiger partial charge on any atom is 3.00 e. The van der Waals surface area contributed by atoms with Crippen molar-refractivity contribution in [3.05, 3.63) is 23.9 Å². The third-order valence-electron chi connectivity index (χ3n) is 1.15. The summed E-state index contributed by atoms with van der Waals surface area (Å²) in [5, 5.41) is 9.74. The van der Waals surface area contributed by atoms with Gasteiger partial charge in [-0.1, -0.05) is 0 Å². The molecule has 1 N–H and O–H groups in total. The van der Waals surface area contributed by atoms with Crippen molar-refractivity contribution in [2.75, 3.05) is 0 Å². The largest absolute Gasteiger partial charge is 3.00 e. The molecule has 0 atom stereocenters. The summed E-state index contributed by atoms with van der Waals surface area (Å²) in [5.74, 6) is 0. The van der Waals surface area contributed by atoms with Crippen LogP contribution in [0.5, 0.6) is 0 Å². The first-order valence-corrected chi connectivity index (χ1v) is 3.14. The van der Waals surface area contributed by atoms with Crippen LogP contribution in [0.15, 0.2) is 23.2 Å². The Hall–Kier alpha value is -0.194. The molecule has 10 heavy (non-hydrogen) atoms. The van der Waals surface area contributed by atoms with E-state index in [9.17, 15) is 0 Å². The molecular formula is C6H9CoNOS+5. The molecule has 1 heterocycles. The summed E-state index contributed by atoms with van der Waals surface area (Å²) in [6, 6.07) is 5.46. The first kappa shape index (κ1) is 9.81. The van der Waals surface area contributed by atoms with Crippen molar-refractivity contribution < 1.29 is 26.7 Å². The van der Waals surface area contributed by atoms with Crippen molar-refractivity contribution in [2.45, 2.75) is 11.9 Å². The number of hydrogen-bond donors (Lipinski definition) is 1. The summed E-state index contributed by atoms with van der Waals surface area (Å²) in [5.41, 5.74) is 0.808. The van der Waals surface area contributed by atoms with Crippen LogP contribution in [0, 0.1) is 6.92 Å². The van der Waals surface area contributed by atoms with E-state index >= 15 is 0 Å². The van der Waals surface area contributed by atoms with E-state index in [0.717, 1.165) is 10.4 Å². The molecule has 1 aromatic heterocycles. The van der Waals surface area contributed by atoms with Crippen LogP contribution in [0.3, 0.4) is 0 Å². The van der Waals surface area contributed by atoms with E-state index in [-0.39, 0.29) is 16.8 Å². The second-order valence-electron chi connectivity index (χ2n) is 1.86. The summed E-state index contributed by atoms with van der Waals surface area (Å²) < 4.78 is 1.08. The average molecular weight is 202 g/mol. The fourth-order valence-electron chi connectivity index (χ4n) is 0.610.